The molecular weight excluding hydrogens is 396 g/mol. The number of hydrogen-bond acceptors (Lipinski definition) is 2. The molecule has 1 N–H and O–H groups in total. The first-order chi connectivity index (χ1) is 15.7. The maximum Gasteiger partial charge on any atom is 0.303 e. The van der Waals surface area contributed by atoms with Crippen LogP contribution in [0.15, 0.2) is 91.0 Å². The fraction of sp³-hybridized carbons (Fsp3) is 0.214. The number of carboxylic acids is 1. The SMILES string of the molecule is O=C(O)CCCCCCn1nc(-c2ccccc2)c(-c2ccccc2)c1-c1ccccc1. The number of carboxylic acid groups (broad SMARTS) is 1. The van der Waals surface area contributed by atoms with Crippen molar-refractivity contribution in [1.29, 1.82) is 0 Å². The summed E-state index contributed by atoms with van der Waals surface area (Å²) >= 11 is 0. The summed E-state index contributed by atoms with van der Waals surface area (Å²) in [7, 11) is 0. The molecule has 4 nitrogen and oxygen atoms in total. The number of hydrogen-bond donors (Lipinski definition) is 1. The molecule has 162 valence electrons. The second kappa shape index (κ2) is 10.6. The fourth-order valence-corrected chi connectivity index (χ4v) is 4.08. The van der Waals surface area contributed by atoms with Gasteiger partial charge in [0.2, 0.25) is 0 Å². The van der Waals surface area contributed by atoms with Gasteiger partial charge in [0.15, 0.2) is 0 Å². The van der Waals surface area contributed by atoms with Gasteiger partial charge >= 0.3 is 5.97 Å². The highest BCUT2D eigenvalue weighted by Crippen LogP contribution is 2.40. The van der Waals surface area contributed by atoms with E-state index in [1.807, 2.05) is 30.3 Å². The Labute approximate surface area is 189 Å². The van der Waals surface area contributed by atoms with Crippen LogP contribution in [0.5, 0.6) is 0 Å². The van der Waals surface area contributed by atoms with Gasteiger partial charge in [0.1, 0.15) is 5.69 Å². The van der Waals surface area contributed by atoms with Crippen LogP contribution in [-0.4, -0.2) is 20.9 Å². The molecule has 4 heteroatoms. The number of nitrogens with zero attached hydrogens (tertiary/aromatic N) is 2. The molecule has 1 heterocycles. The van der Waals surface area contributed by atoms with Gasteiger partial charge in [-0.1, -0.05) is 104 Å². The minimum absolute atomic E-state index is 0.243. The van der Waals surface area contributed by atoms with Crippen LogP contribution in [0.4, 0.5) is 0 Å². The summed E-state index contributed by atoms with van der Waals surface area (Å²) in [6, 6.07) is 31.3. The van der Waals surface area contributed by atoms with E-state index in [9.17, 15) is 4.79 Å². The van der Waals surface area contributed by atoms with E-state index in [4.69, 9.17) is 10.2 Å². The molecule has 1 aromatic heterocycles. The molecule has 0 spiro atoms. The molecule has 0 saturated heterocycles. The predicted molar refractivity (Wildman–Crippen MR) is 129 cm³/mol. The van der Waals surface area contributed by atoms with E-state index >= 15 is 0 Å². The van der Waals surface area contributed by atoms with Crippen molar-refractivity contribution in [2.45, 2.75) is 38.6 Å². The summed E-state index contributed by atoms with van der Waals surface area (Å²) in [4.78, 5) is 10.8. The zero-order valence-corrected chi connectivity index (χ0v) is 18.2. The van der Waals surface area contributed by atoms with Crippen molar-refractivity contribution in [1.82, 2.24) is 9.78 Å². The lowest BCUT2D eigenvalue weighted by Gasteiger charge is -2.11. The Morgan fingerprint density at radius 3 is 1.81 bits per heavy atom. The van der Waals surface area contributed by atoms with E-state index < -0.39 is 5.97 Å². The number of aromatic nitrogens is 2. The molecule has 4 rings (SSSR count). The quantitative estimate of drug-likeness (QED) is 0.281. The van der Waals surface area contributed by atoms with Gasteiger partial charge < -0.3 is 5.11 Å². The van der Waals surface area contributed by atoms with Gasteiger partial charge in [-0.25, -0.2) is 0 Å². The maximum atomic E-state index is 10.8. The summed E-state index contributed by atoms with van der Waals surface area (Å²) in [5, 5.41) is 13.9. The monoisotopic (exact) mass is 424 g/mol. The van der Waals surface area contributed by atoms with E-state index in [0.717, 1.165) is 65.9 Å². The standard InChI is InChI=1S/C28H28N2O2/c31-25(32)20-12-1-2-13-21-30-28(24-18-10-5-11-19-24)26(22-14-6-3-7-15-22)27(29-30)23-16-8-4-9-17-23/h3-11,14-19H,1-2,12-13,20-21H2,(H,31,32). The van der Waals surface area contributed by atoms with Crippen molar-refractivity contribution in [2.24, 2.45) is 0 Å². The molecule has 0 fully saturated rings. The summed E-state index contributed by atoms with van der Waals surface area (Å²) in [5.74, 6) is -0.719. The summed E-state index contributed by atoms with van der Waals surface area (Å²) in [5.41, 5.74) is 6.66. The van der Waals surface area contributed by atoms with Gasteiger partial charge in [-0.15, -0.1) is 0 Å². The van der Waals surface area contributed by atoms with Crippen molar-refractivity contribution < 1.29 is 9.90 Å². The average molecular weight is 425 g/mol. The number of aryl methyl sites for hydroxylation is 1. The fourth-order valence-electron chi connectivity index (χ4n) is 4.08. The van der Waals surface area contributed by atoms with E-state index in [1.165, 1.54) is 0 Å². The molecule has 3 aromatic carbocycles. The van der Waals surface area contributed by atoms with Gasteiger partial charge in [-0.2, -0.15) is 5.10 Å². The topological polar surface area (TPSA) is 55.1 Å². The van der Waals surface area contributed by atoms with E-state index in [2.05, 4.69) is 65.3 Å². The minimum atomic E-state index is -0.719. The van der Waals surface area contributed by atoms with Gasteiger partial charge in [-0.05, 0) is 18.4 Å². The highest BCUT2D eigenvalue weighted by atomic mass is 16.4. The Morgan fingerprint density at radius 1 is 0.688 bits per heavy atom. The molecular formula is C28H28N2O2. The lowest BCUT2D eigenvalue weighted by Crippen LogP contribution is -2.03. The van der Waals surface area contributed by atoms with Crippen molar-refractivity contribution in [3.05, 3.63) is 91.0 Å². The van der Waals surface area contributed by atoms with E-state index in [0.29, 0.717) is 0 Å². The Balaban J connectivity index is 1.74. The third kappa shape index (κ3) is 5.14. The van der Waals surface area contributed by atoms with Crippen LogP contribution >= 0.6 is 0 Å². The number of rotatable bonds is 10. The van der Waals surface area contributed by atoms with Gasteiger partial charge in [-0.3, -0.25) is 9.48 Å². The lowest BCUT2D eigenvalue weighted by atomic mass is 9.96. The highest BCUT2D eigenvalue weighted by Gasteiger charge is 2.21. The second-order valence-electron chi connectivity index (χ2n) is 7.95. The van der Waals surface area contributed by atoms with Crippen molar-refractivity contribution in [3.8, 4) is 33.6 Å². The van der Waals surface area contributed by atoms with Gasteiger partial charge in [0, 0.05) is 29.7 Å². The van der Waals surface area contributed by atoms with Crippen LogP contribution in [0.3, 0.4) is 0 Å². The number of benzene rings is 3. The Morgan fingerprint density at radius 2 is 1.22 bits per heavy atom. The van der Waals surface area contributed by atoms with Crippen molar-refractivity contribution >= 4 is 5.97 Å². The molecule has 0 saturated carbocycles. The first-order valence-corrected chi connectivity index (χ1v) is 11.2. The molecule has 0 amide bonds. The zero-order chi connectivity index (χ0) is 22.2. The Kier molecular flexibility index (Phi) is 7.13. The van der Waals surface area contributed by atoms with Gasteiger partial charge in [0.25, 0.3) is 0 Å². The van der Waals surface area contributed by atoms with Crippen LogP contribution in [-0.2, 0) is 11.3 Å². The number of carbonyl (C=O) groups is 1. The third-order valence-corrected chi connectivity index (χ3v) is 5.62. The molecule has 0 bridgehead atoms. The first kappa shape index (κ1) is 21.6. The van der Waals surface area contributed by atoms with Crippen molar-refractivity contribution in [3.63, 3.8) is 0 Å². The van der Waals surface area contributed by atoms with Crippen LogP contribution in [0, 0.1) is 0 Å². The molecule has 32 heavy (non-hydrogen) atoms. The average Bonchev–Trinajstić information content (AvgIpc) is 3.22. The maximum absolute atomic E-state index is 10.8. The van der Waals surface area contributed by atoms with Crippen LogP contribution in [0.2, 0.25) is 0 Å². The van der Waals surface area contributed by atoms with E-state index in [-0.39, 0.29) is 6.42 Å². The normalized spacial score (nSPS) is 10.9. The number of unbranched alkanes of at least 4 members (excludes halogenated alkanes) is 3. The summed E-state index contributed by atoms with van der Waals surface area (Å²) in [6.07, 6.45) is 3.84. The Bertz CT molecular complexity index is 1140. The molecule has 0 aliphatic carbocycles. The molecule has 0 radical (unpaired) electrons. The molecule has 0 unspecified atom stereocenters. The summed E-state index contributed by atoms with van der Waals surface area (Å²) < 4.78 is 2.14. The summed E-state index contributed by atoms with van der Waals surface area (Å²) in [6.45, 7) is 0.796. The minimum Gasteiger partial charge on any atom is -0.481 e. The van der Waals surface area contributed by atoms with Crippen molar-refractivity contribution in [2.75, 3.05) is 0 Å². The lowest BCUT2D eigenvalue weighted by molar-refractivity contribution is -0.137. The Hall–Kier alpha value is -3.66. The smallest absolute Gasteiger partial charge is 0.303 e. The molecule has 0 aliphatic heterocycles. The highest BCUT2D eigenvalue weighted by molar-refractivity contribution is 5.91. The predicted octanol–water partition coefficient (Wildman–Crippen LogP) is 6.92. The second-order valence-corrected chi connectivity index (χ2v) is 7.95. The first-order valence-electron chi connectivity index (χ1n) is 11.2. The van der Waals surface area contributed by atoms with Crippen LogP contribution in [0.25, 0.3) is 33.6 Å². The van der Waals surface area contributed by atoms with Crippen LogP contribution < -0.4 is 0 Å². The van der Waals surface area contributed by atoms with Crippen LogP contribution in [0.1, 0.15) is 32.1 Å². The molecule has 4 aromatic rings. The third-order valence-electron chi connectivity index (χ3n) is 5.62. The number of aliphatic carboxylic acids is 1. The zero-order valence-electron chi connectivity index (χ0n) is 18.2. The molecule has 0 aliphatic rings. The largest absolute Gasteiger partial charge is 0.481 e. The van der Waals surface area contributed by atoms with E-state index in [1.54, 1.807) is 0 Å². The molecule has 0 atom stereocenters. The van der Waals surface area contributed by atoms with Gasteiger partial charge in [0.05, 0.1) is 5.69 Å².